The second-order valence-electron chi connectivity index (χ2n) is 4.71. The maximum absolute atomic E-state index is 5.86. The topological polar surface area (TPSA) is 18.5 Å². The Kier molecular flexibility index (Phi) is 4.08. The van der Waals surface area contributed by atoms with Crippen LogP contribution >= 0.6 is 11.6 Å². The number of rotatable bonds is 3. The molecule has 2 rings (SSSR count). The Balaban J connectivity index is 2.01. The molecule has 0 aliphatic carbocycles. The Morgan fingerprint density at radius 1 is 1.12 bits per heavy atom. The van der Waals surface area contributed by atoms with E-state index < -0.39 is 0 Å². The fraction of sp³-hybridized carbons (Fsp3) is 0.571. The maximum atomic E-state index is 5.86. The second kappa shape index (κ2) is 5.38. The highest BCUT2D eigenvalue weighted by Crippen LogP contribution is 2.36. The minimum absolute atomic E-state index is 0.197. The molecule has 1 aliphatic rings. The minimum atomic E-state index is -0.238. The summed E-state index contributed by atoms with van der Waals surface area (Å²) in [6.07, 6.45) is 1.95. The first-order valence-corrected chi connectivity index (χ1v) is 6.55. The standard InChI is InChI=1S/C14H19ClO2/c1-3-14(4-2)9-16-13(17-10-14)11-5-7-12(15)8-6-11/h5-8,13H,3-4,9-10H2,1-2H3. The van der Waals surface area contributed by atoms with E-state index in [0.717, 1.165) is 36.6 Å². The van der Waals surface area contributed by atoms with Crippen molar-refractivity contribution in [2.24, 2.45) is 5.41 Å². The van der Waals surface area contributed by atoms with Gasteiger partial charge in [-0.15, -0.1) is 0 Å². The van der Waals surface area contributed by atoms with Crippen LogP contribution in [0.1, 0.15) is 38.5 Å². The zero-order chi connectivity index (χ0) is 12.3. The summed E-state index contributed by atoms with van der Waals surface area (Å²) in [6, 6.07) is 7.64. The van der Waals surface area contributed by atoms with E-state index in [1.807, 2.05) is 24.3 Å². The highest BCUT2D eigenvalue weighted by atomic mass is 35.5. The van der Waals surface area contributed by atoms with Crippen molar-refractivity contribution in [3.8, 4) is 0 Å². The van der Waals surface area contributed by atoms with Crippen molar-refractivity contribution in [3.63, 3.8) is 0 Å². The van der Waals surface area contributed by atoms with Crippen LogP contribution in [0, 0.1) is 5.41 Å². The number of hydrogen-bond acceptors (Lipinski definition) is 2. The highest BCUT2D eigenvalue weighted by Gasteiger charge is 2.34. The first kappa shape index (κ1) is 12.9. The van der Waals surface area contributed by atoms with Crippen molar-refractivity contribution in [1.82, 2.24) is 0 Å². The minimum Gasteiger partial charge on any atom is -0.348 e. The normalized spacial score (nSPS) is 20.4. The molecule has 17 heavy (non-hydrogen) atoms. The molecule has 1 aromatic rings. The molecule has 1 saturated heterocycles. The van der Waals surface area contributed by atoms with Gasteiger partial charge in [-0.3, -0.25) is 0 Å². The van der Waals surface area contributed by atoms with Crippen molar-refractivity contribution in [3.05, 3.63) is 34.9 Å². The fourth-order valence-electron chi connectivity index (χ4n) is 2.07. The van der Waals surface area contributed by atoms with Crippen LogP contribution in [0.25, 0.3) is 0 Å². The molecule has 1 aliphatic heterocycles. The van der Waals surface area contributed by atoms with Crippen LogP contribution < -0.4 is 0 Å². The molecule has 0 spiro atoms. The van der Waals surface area contributed by atoms with Gasteiger partial charge in [0.05, 0.1) is 13.2 Å². The van der Waals surface area contributed by atoms with Gasteiger partial charge in [0.25, 0.3) is 0 Å². The SMILES string of the molecule is CCC1(CC)COC(c2ccc(Cl)cc2)OC1. The maximum Gasteiger partial charge on any atom is 0.183 e. The Morgan fingerprint density at radius 2 is 1.65 bits per heavy atom. The van der Waals surface area contributed by atoms with Crippen LogP contribution in [0.15, 0.2) is 24.3 Å². The lowest BCUT2D eigenvalue weighted by Gasteiger charge is -2.39. The molecule has 1 fully saturated rings. The summed E-state index contributed by atoms with van der Waals surface area (Å²) in [4.78, 5) is 0. The molecule has 0 radical (unpaired) electrons. The molecule has 0 amide bonds. The van der Waals surface area contributed by atoms with Gasteiger partial charge >= 0.3 is 0 Å². The molecule has 0 N–H and O–H groups in total. The van der Waals surface area contributed by atoms with Gasteiger partial charge in [-0.05, 0) is 25.0 Å². The van der Waals surface area contributed by atoms with Gasteiger partial charge in [0, 0.05) is 16.0 Å². The zero-order valence-electron chi connectivity index (χ0n) is 10.4. The third kappa shape index (κ3) is 2.82. The van der Waals surface area contributed by atoms with E-state index in [0.29, 0.717) is 0 Å². The summed E-state index contributed by atoms with van der Waals surface area (Å²) < 4.78 is 11.7. The first-order chi connectivity index (χ1) is 8.19. The summed E-state index contributed by atoms with van der Waals surface area (Å²) >= 11 is 5.86. The van der Waals surface area contributed by atoms with Crippen molar-refractivity contribution >= 4 is 11.6 Å². The highest BCUT2D eigenvalue weighted by molar-refractivity contribution is 6.30. The van der Waals surface area contributed by atoms with Crippen LogP contribution in [0.4, 0.5) is 0 Å². The Labute approximate surface area is 108 Å². The third-order valence-corrected chi connectivity index (χ3v) is 3.98. The quantitative estimate of drug-likeness (QED) is 0.805. The summed E-state index contributed by atoms with van der Waals surface area (Å²) in [5.74, 6) is 0. The van der Waals surface area contributed by atoms with Crippen molar-refractivity contribution < 1.29 is 9.47 Å². The number of ether oxygens (including phenoxy) is 2. The molecule has 1 heterocycles. The van der Waals surface area contributed by atoms with Crippen LogP contribution in [0.2, 0.25) is 5.02 Å². The molecule has 0 bridgehead atoms. The Hall–Kier alpha value is -0.570. The lowest BCUT2D eigenvalue weighted by Crippen LogP contribution is -2.37. The zero-order valence-corrected chi connectivity index (χ0v) is 11.2. The van der Waals surface area contributed by atoms with Crippen molar-refractivity contribution in [2.45, 2.75) is 33.0 Å². The van der Waals surface area contributed by atoms with Gasteiger partial charge in [0.2, 0.25) is 0 Å². The average molecular weight is 255 g/mol. The Morgan fingerprint density at radius 3 is 2.12 bits per heavy atom. The summed E-state index contributed by atoms with van der Waals surface area (Å²) in [6.45, 7) is 5.93. The molecule has 2 nitrogen and oxygen atoms in total. The molecular formula is C14H19ClO2. The van der Waals surface area contributed by atoms with Crippen molar-refractivity contribution in [2.75, 3.05) is 13.2 Å². The second-order valence-corrected chi connectivity index (χ2v) is 5.15. The lowest BCUT2D eigenvalue weighted by atomic mass is 9.83. The number of halogens is 1. The van der Waals surface area contributed by atoms with E-state index in [4.69, 9.17) is 21.1 Å². The number of hydrogen-bond donors (Lipinski definition) is 0. The summed E-state index contributed by atoms with van der Waals surface area (Å²) in [7, 11) is 0. The molecule has 1 aromatic carbocycles. The van der Waals surface area contributed by atoms with E-state index in [2.05, 4.69) is 13.8 Å². The van der Waals surface area contributed by atoms with Crippen LogP contribution in [-0.2, 0) is 9.47 Å². The van der Waals surface area contributed by atoms with Gasteiger partial charge in [-0.1, -0.05) is 37.6 Å². The summed E-state index contributed by atoms with van der Waals surface area (Å²) in [5.41, 5.74) is 1.23. The molecular weight excluding hydrogens is 236 g/mol. The van der Waals surface area contributed by atoms with E-state index in [1.54, 1.807) is 0 Å². The molecule has 0 saturated carbocycles. The lowest BCUT2D eigenvalue weighted by molar-refractivity contribution is -0.235. The molecule has 0 aromatic heterocycles. The van der Waals surface area contributed by atoms with E-state index in [-0.39, 0.29) is 11.7 Å². The van der Waals surface area contributed by atoms with Gasteiger partial charge < -0.3 is 9.47 Å². The van der Waals surface area contributed by atoms with Crippen molar-refractivity contribution in [1.29, 1.82) is 0 Å². The van der Waals surface area contributed by atoms with E-state index in [1.165, 1.54) is 0 Å². The van der Waals surface area contributed by atoms with Crippen LogP contribution in [-0.4, -0.2) is 13.2 Å². The first-order valence-electron chi connectivity index (χ1n) is 6.18. The third-order valence-electron chi connectivity index (χ3n) is 3.72. The van der Waals surface area contributed by atoms with Gasteiger partial charge in [-0.25, -0.2) is 0 Å². The average Bonchev–Trinajstić information content (AvgIpc) is 2.40. The summed E-state index contributed by atoms with van der Waals surface area (Å²) in [5, 5.41) is 0.737. The monoisotopic (exact) mass is 254 g/mol. The smallest absolute Gasteiger partial charge is 0.183 e. The number of benzene rings is 1. The fourth-order valence-corrected chi connectivity index (χ4v) is 2.19. The molecule has 3 heteroatoms. The molecule has 0 unspecified atom stereocenters. The van der Waals surface area contributed by atoms with Gasteiger partial charge in [0.15, 0.2) is 6.29 Å². The van der Waals surface area contributed by atoms with E-state index in [9.17, 15) is 0 Å². The predicted molar refractivity (Wildman–Crippen MR) is 69.1 cm³/mol. The molecule has 0 atom stereocenters. The largest absolute Gasteiger partial charge is 0.348 e. The Bertz CT molecular complexity index is 347. The van der Waals surface area contributed by atoms with Gasteiger partial charge in [-0.2, -0.15) is 0 Å². The van der Waals surface area contributed by atoms with Gasteiger partial charge in [0.1, 0.15) is 0 Å². The van der Waals surface area contributed by atoms with E-state index >= 15 is 0 Å². The van der Waals surface area contributed by atoms with Crippen LogP contribution in [0.3, 0.4) is 0 Å². The molecule has 94 valence electrons. The van der Waals surface area contributed by atoms with Crippen LogP contribution in [0.5, 0.6) is 0 Å². The predicted octanol–water partition coefficient (Wildman–Crippen LogP) is 4.19.